The Morgan fingerprint density at radius 3 is 2.81 bits per heavy atom. The number of thiophene rings is 1. The molecule has 3 aromatic rings. The second-order valence-corrected chi connectivity index (χ2v) is 8.34. The maximum absolute atomic E-state index is 12.9. The van der Waals surface area contributed by atoms with E-state index in [1.165, 1.54) is 11.3 Å². The van der Waals surface area contributed by atoms with E-state index in [0.717, 1.165) is 32.5 Å². The number of H-pyrrole nitrogens is 1. The van der Waals surface area contributed by atoms with Crippen molar-refractivity contribution < 1.29 is 4.79 Å². The topological polar surface area (TPSA) is 65.5 Å². The highest BCUT2D eigenvalue weighted by molar-refractivity contribution is 7.16. The van der Waals surface area contributed by atoms with Crippen molar-refractivity contribution in [1.82, 2.24) is 9.99 Å². The van der Waals surface area contributed by atoms with Crippen molar-refractivity contribution in [3.63, 3.8) is 0 Å². The molecule has 136 valence electrons. The molecule has 0 saturated heterocycles. The second kappa shape index (κ2) is 5.63. The number of fused-ring (bicyclic) bond motifs is 4. The van der Waals surface area contributed by atoms with Crippen LogP contribution in [0.1, 0.15) is 53.1 Å². The molecule has 4 heterocycles. The van der Waals surface area contributed by atoms with Crippen LogP contribution >= 0.6 is 11.3 Å². The van der Waals surface area contributed by atoms with Crippen LogP contribution in [0.3, 0.4) is 0 Å². The third-order valence-electron chi connectivity index (χ3n) is 5.76. The highest BCUT2D eigenvalue weighted by Gasteiger charge is 2.42. The molecule has 0 saturated carbocycles. The lowest BCUT2D eigenvalue weighted by Gasteiger charge is -2.33. The molecule has 0 fully saturated rings. The minimum absolute atomic E-state index is 0.00112. The van der Waals surface area contributed by atoms with E-state index in [1.54, 1.807) is 5.01 Å². The zero-order valence-electron chi connectivity index (χ0n) is 15.4. The Kier molecular flexibility index (Phi) is 3.43. The van der Waals surface area contributed by atoms with Crippen LogP contribution in [0.15, 0.2) is 39.5 Å². The van der Waals surface area contributed by atoms with Crippen LogP contribution < -0.4 is 5.56 Å². The van der Waals surface area contributed by atoms with Crippen LogP contribution in [0.4, 0.5) is 0 Å². The van der Waals surface area contributed by atoms with Crippen molar-refractivity contribution in [2.75, 3.05) is 0 Å². The van der Waals surface area contributed by atoms with Gasteiger partial charge < -0.3 is 4.98 Å². The third-order valence-corrected chi connectivity index (χ3v) is 6.59. The van der Waals surface area contributed by atoms with Gasteiger partial charge >= 0.3 is 0 Å². The number of rotatable bonds is 1. The van der Waals surface area contributed by atoms with Crippen LogP contribution in [0.5, 0.6) is 0 Å². The van der Waals surface area contributed by atoms with Gasteiger partial charge in [-0.2, -0.15) is 5.10 Å². The number of hydrazone groups is 1. The SMILES string of the molecule is Cc1ccc2c(c1)C(C)C(=O)N1N=C(c3c(C)c4ccsc4[nH]c3=O)CC21. The van der Waals surface area contributed by atoms with E-state index in [2.05, 4.69) is 28.3 Å². The average Bonchev–Trinajstić information content (AvgIpc) is 3.27. The summed E-state index contributed by atoms with van der Waals surface area (Å²) < 4.78 is 0. The molecule has 0 bridgehead atoms. The highest BCUT2D eigenvalue weighted by Crippen LogP contribution is 2.43. The van der Waals surface area contributed by atoms with Gasteiger partial charge in [-0.3, -0.25) is 9.59 Å². The van der Waals surface area contributed by atoms with E-state index >= 15 is 0 Å². The van der Waals surface area contributed by atoms with Crippen molar-refractivity contribution in [3.05, 3.63) is 67.8 Å². The van der Waals surface area contributed by atoms with Gasteiger partial charge in [0.1, 0.15) is 4.83 Å². The Hall–Kier alpha value is -2.73. The third kappa shape index (κ3) is 2.26. The van der Waals surface area contributed by atoms with Crippen LogP contribution in [-0.4, -0.2) is 21.6 Å². The molecule has 1 amide bonds. The summed E-state index contributed by atoms with van der Waals surface area (Å²) in [6, 6.07) is 8.16. The van der Waals surface area contributed by atoms with Crippen molar-refractivity contribution in [2.45, 2.75) is 39.2 Å². The van der Waals surface area contributed by atoms with Gasteiger partial charge in [0.15, 0.2) is 0 Å². The van der Waals surface area contributed by atoms with Crippen molar-refractivity contribution in [1.29, 1.82) is 0 Å². The first kappa shape index (κ1) is 16.4. The smallest absolute Gasteiger partial charge is 0.258 e. The number of aryl methyl sites for hydroxylation is 2. The number of amides is 1. The first-order chi connectivity index (χ1) is 13.0. The molecule has 0 aliphatic carbocycles. The average molecular weight is 377 g/mol. The van der Waals surface area contributed by atoms with E-state index in [-0.39, 0.29) is 23.4 Å². The summed E-state index contributed by atoms with van der Waals surface area (Å²) in [7, 11) is 0. The number of hydrogen-bond donors (Lipinski definition) is 1. The standard InChI is InChI=1S/C21H19N3O2S/c1-10-4-5-14-15(8-10)12(3)21(26)24-17(14)9-16(23-24)18-11(2)13-6-7-27-20(13)22-19(18)25/h4-8,12,17H,9H2,1-3H3,(H,22,25). The van der Waals surface area contributed by atoms with Gasteiger partial charge in [-0.1, -0.05) is 23.8 Å². The zero-order valence-corrected chi connectivity index (χ0v) is 16.2. The quantitative estimate of drug-likeness (QED) is 0.696. The number of hydrogen-bond acceptors (Lipinski definition) is 4. The summed E-state index contributed by atoms with van der Waals surface area (Å²) in [5.41, 5.74) is 5.46. The first-order valence-corrected chi connectivity index (χ1v) is 9.95. The lowest BCUT2D eigenvalue weighted by Crippen LogP contribution is -2.36. The summed E-state index contributed by atoms with van der Waals surface area (Å²) in [5, 5.41) is 9.23. The van der Waals surface area contributed by atoms with Gasteiger partial charge in [0.25, 0.3) is 11.5 Å². The molecule has 2 aromatic heterocycles. The van der Waals surface area contributed by atoms with E-state index < -0.39 is 0 Å². The fourth-order valence-corrected chi connectivity index (χ4v) is 5.17. The number of aromatic amines is 1. The summed E-state index contributed by atoms with van der Waals surface area (Å²) in [6.45, 7) is 5.93. The van der Waals surface area contributed by atoms with Gasteiger partial charge in [0, 0.05) is 11.8 Å². The Morgan fingerprint density at radius 1 is 1.19 bits per heavy atom. The molecular formula is C21H19N3O2S. The van der Waals surface area contributed by atoms with Crippen molar-refractivity contribution in [2.24, 2.45) is 5.10 Å². The highest BCUT2D eigenvalue weighted by atomic mass is 32.1. The molecule has 2 unspecified atom stereocenters. The number of carbonyl (C=O) groups excluding carboxylic acids is 1. The van der Waals surface area contributed by atoms with E-state index in [9.17, 15) is 9.59 Å². The maximum atomic E-state index is 12.9. The summed E-state index contributed by atoms with van der Waals surface area (Å²) in [4.78, 5) is 29.5. The molecule has 0 spiro atoms. The van der Waals surface area contributed by atoms with Crippen LogP contribution in [-0.2, 0) is 4.79 Å². The normalized spacial score (nSPS) is 21.4. The largest absolute Gasteiger partial charge is 0.313 e. The Balaban J connectivity index is 1.66. The van der Waals surface area contributed by atoms with E-state index in [1.807, 2.05) is 32.2 Å². The molecule has 27 heavy (non-hydrogen) atoms. The fraction of sp³-hybridized carbons (Fsp3) is 0.286. The maximum Gasteiger partial charge on any atom is 0.258 e. The Morgan fingerprint density at radius 2 is 2.00 bits per heavy atom. The molecule has 1 N–H and O–H groups in total. The predicted octanol–water partition coefficient (Wildman–Crippen LogP) is 4.00. The van der Waals surface area contributed by atoms with Crippen molar-refractivity contribution >= 4 is 33.2 Å². The van der Waals surface area contributed by atoms with Gasteiger partial charge in [-0.25, -0.2) is 5.01 Å². The summed E-state index contributed by atoms with van der Waals surface area (Å²) in [5.74, 6) is -0.225. The van der Waals surface area contributed by atoms with Gasteiger partial charge in [0.2, 0.25) is 0 Å². The first-order valence-electron chi connectivity index (χ1n) is 9.07. The zero-order chi connectivity index (χ0) is 18.9. The van der Waals surface area contributed by atoms with Crippen LogP contribution in [0.25, 0.3) is 10.2 Å². The van der Waals surface area contributed by atoms with E-state index in [4.69, 9.17) is 0 Å². The minimum Gasteiger partial charge on any atom is -0.313 e. The van der Waals surface area contributed by atoms with Gasteiger partial charge in [0.05, 0.1) is 23.2 Å². The summed E-state index contributed by atoms with van der Waals surface area (Å²) in [6.07, 6.45) is 0.564. The molecule has 0 radical (unpaired) electrons. The van der Waals surface area contributed by atoms with Crippen LogP contribution in [0.2, 0.25) is 0 Å². The number of nitrogens with zero attached hydrogens (tertiary/aromatic N) is 2. The second-order valence-electron chi connectivity index (χ2n) is 7.42. The van der Waals surface area contributed by atoms with E-state index in [0.29, 0.717) is 17.7 Å². The monoisotopic (exact) mass is 377 g/mol. The predicted molar refractivity (Wildman–Crippen MR) is 108 cm³/mol. The molecule has 6 heteroatoms. The number of carbonyl (C=O) groups is 1. The number of nitrogens with one attached hydrogen (secondary N) is 1. The van der Waals surface area contributed by atoms with Gasteiger partial charge in [-0.05, 0) is 48.9 Å². The molecule has 1 aromatic carbocycles. The molecule has 2 atom stereocenters. The Bertz CT molecular complexity index is 1200. The number of aromatic nitrogens is 1. The van der Waals surface area contributed by atoms with Crippen molar-refractivity contribution in [3.8, 4) is 0 Å². The lowest BCUT2D eigenvalue weighted by molar-refractivity contribution is -0.135. The summed E-state index contributed by atoms with van der Waals surface area (Å²) >= 11 is 1.52. The molecule has 5 nitrogen and oxygen atoms in total. The molecule has 2 aliphatic rings. The fourth-order valence-electron chi connectivity index (χ4n) is 4.33. The molecule has 5 rings (SSSR count). The number of pyridine rings is 1. The Labute approximate surface area is 160 Å². The van der Waals surface area contributed by atoms with Gasteiger partial charge in [-0.15, -0.1) is 11.3 Å². The molecular weight excluding hydrogens is 358 g/mol. The molecule has 2 aliphatic heterocycles. The lowest BCUT2D eigenvalue weighted by atomic mass is 9.84. The minimum atomic E-state index is -0.224. The van der Waals surface area contributed by atoms with Crippen LogP contribution in [0, 0.1) is 13.8 Å². The number of benzene rings is 1.